The van der Waals surface area contributed by atoms with Gasteiger partial charge in [0.05, 0.1) is 6.04 Å². The molecule has 2 aliphatic rings. The number of hydrogen-bond donors (Lipinski definition) is 1. The van der Waals surface area contributed by atoms with E-state index in [1.165, 1.54) is 0 Å². The smallest absolute Gasteiger partial charge is 0.251 e. The third-order valence-electron chi connectivity index (χ3n) is 4.81. The molecule has 9 nitrogen and oxygen atoms in total. The quantitative estimate of drug-likeness (QED) is 0.804. The standard InChI is InChI=1S/C16H27N7O2/c1-11(13-18-15(17)20-16(19-13)21(2)3)22-6-8-23(9-7-22)14(24)12-5-4-10-25-12/h11-12H,4-10H2,1-3H3,(H2,17,18,19,20). The summed E-state index contributed by atoms with van der Waals surface area (Å²) in [5.41, 5.74) is 5.82. The molecule has 9 heteroatoms. The summed E-state index contributed by atoms with van der Waals surface area (Å²) in [6.07, 6.45) is 1.57. The second-order valence-corrected chi connectivity index (χ2v) is 6.79. The number of hydrogen-bond acceptors (Lipinski definition) is 8. The van der Waals surface area contributed by atoms with Crippen molar-refractivity contribution in [1.82, 2.24) is 24.8 Å². The van der Waals surface area contributed by atoms with Crippen LogP contribution in [-0.4, -0.2) is 83.6 Å². The minimum Gasteiger partial charge on any atom is -0.368 e. The van der Waals surface area contributed by atoms with Crippen molar-refractivity contribution in [2.45, 2.75) is 31.9 Å². The highest BCUT2D eigenvalue weighted by Crippen LogP contribution is 2.22. The van der Waals surface area contributed by atoms with Crippen molar-refractivity contribution in [3.63, 3.8) is 0 Å². The lowest BCUT2D eigenvalue weighted by molar-refractivity contribution is -0.143. The number of amides is 1. The molecular formula is C16H27N7O2. The van der Waals surface area contributed by atoms with Crippen molar-refractivity contribution in [2.75, 3.05) is 57.5 Å². The molecule has 2 saturated heterocycles. The van der Waals surface area contributed by atoms with Crippen molar-refractivity contribution in [2.24, 2.45) is 0 Å². The summed E-state index contributed by atoms with van der Waals surface area (Å²) in [6, 6.07) is 0.0176. The monoisotopic (exact) mass is 349 g/mol. The van der Waals surface area contributed by atoms with E-state index in [9.17, 15) is 4.79 Å². The van der Waals surface area contributed by atoms with E-state index in [1.807, 2.05) is 23.9 Å². The Morgan fingerprint density at radius 2 is 1.96 bits per heavy atom. The Balaban J connectivity index is 1.61. The zero-order valence-electron chi connectivity index (χ0n) is 15.2. The van der Waals surface area contributed by atoms with Gasteiger partial charge in [0, 0.05) is 46.9 Å². The van der Waals surface area contributed by atoms with Crippen LogP contribution in [0.2, 0.25) is 0 Å². The van der Waals surface area contributed by atoms with Gasteiger partial charge < -0.3 is 20.3 Å². The van der Waals surface area contributed by atoms with E-state index in [0.29, 0.717) is 31.5 Å². The largest absolute Gasteiger partial charge is 0.368 e. The lowest BCUT2D eigenvalue weighted by Gasteiger charge is -2.38. The molecule has 0 bridgehead atoms. The molecule has 1 aromatic rings. The van der Waals surface area contributed by atoms with Crippen LogP contribution in [0.4, 0.5) is 11.9 Å². The second kappa shape index (κ2) is 7.49. The minimum absolute atomic E-state index is 0.0176. The molecule has 1 aromatic heterocycles. The molecule has 1 amide bonds. The summed E-state index contributed by atoms with van der Waals surface area (Å²) in [6.45, 7) is 5.72. The van der Waals surface area contributed by atoms with E-state index in [4.69, 9.17) is 10.5 Å². The van der Waals surface area contributed by atoms with E-state index < -0.39 is 0 Å². The van der Waals surface area contributed by atoms with Gasteiger partial charge in [-0.2, -0.15) is 15.0 Å². The first-order valence-corrected chi connectivity index (χ1v) is 8.79. The Hall–Kier alpha value is -2.00. The average molecular weight is 349 g/mol. The van der Waals surface area contributed by atoms with Gasteiger partial charge in [-0.05, 0) is 19.8 Å². The number of rotatable bonds is 4. The fraction of sp³-hybridized carbons (Fsp3) is 0.750. The first kappa shape index (κ1) is 17.8. The van der Waals surface area contributed by atoms with Crippen LogP contribution in [0.3, 0.4) is 0 Å². The fourth-order valence-electron chi connectivity index (χ4n) is 3.25. The van der Waals surface area contributed by atoms with Gasteiger partial charge in [-0.3, -0.25) is 9.69 Å². The minimum atomic E-state index is -0.241. The maximum Gasteiger partial charge on any atom is 0.251 e. The highest BCUT2D eigenvalue weighted by atomic mass is 16.5. The van der Waals surface area contributed by atoms with Gasteiger partial charge in [-0.1, -0.05) is 0 Å². The normalized spacial score (nSPS) is 22.8. The molecule has 2 aliphatic heterocycles. The summed E-state index contributed by atoms with van der Waals surface area (Å²) in [5, 5.41) is 0. The average Bonchev–Trinajstić information content (AvgIpc) is 3.14. The number of nitrogens with two attached hydrogens (primary N) is 1. The SMILES string of the molecule is CC(c1nc(N)nc(N(C)C)n1)N1CCN(C(=O)C2CCCO2)CC1. The van der Waals surface area contributed by atoms with Crippen LogP contribution in [0, 0.1) is 0 Å². The summed E-state index contributed by atoms with van der Waals surface area (Å²) in [5.74, 6) is 1.58. The lowest BCUT2D eigenvalue weighted by Crippen LogP contribution is -2.52. The van der Waals surface area contributed by atoms with Gasteiger partial charge in [0.1, 0.15) is 6.10 Å². The lowest BCUT2D eigenvalue weighted by atomic mass is 10.1. The molecule has 2 unspecified atom stereocenters. The first-order valence-electron chi connectivity index (χ1n) is 8.79. The molecule has 2 fully saturated rings. The molecule has 0 saturated carbocycles. The molecule has 0 spiro atoms. The van der Waals surface area contributed by atoms with Gasteiger partial charge in [0.25, 0.3) is 5.91 Å². The van der Waals surface area contributed by atoms with Gasteiger partial charge in [-0.25, -0.2) is 0 Å². The molecule has 2 N–H and O–H groups in total. The number of carbonyl (C=O) groups excluding carboxylic acids is 1. The van der Waals surface area contributed by atoms with Crippen molar-refractivity contribution in [1.29, 1.82) is 0 Å². The van der Waals surface area contributed by atoms with E-state index >= 15 is 0 Å². The van der Waals surface area contributed by atoms with Gasteiger partial charge in [0.2, 0.25) is 11.9 Å². The number of aromatic nitrogens is 3. The zero-order chi connectivity index (χ0) is 18.0. The number of anilines is 2. The Bertz CT molecular complexity index is 611. The zero-order valence-corrected chi connectivity index (χ0v) is 15.2. The Morgan fingerprint density at radius 3 is 2.56 bits per heavy atom. The molecular weight excluding hydrogens is 322 g/mol. The van der Waals surface area contributed by atoms with Crippen molar-refractivity contribution >= 4 is 17.8 Å². The number of nitrogen functional groups attached to an aromatic ring is 1. The van der Waals surface area contributed by atoms with Crippen LogP contribution in [0.5, 0.6) is 0 Å². The fourth-order valence-corrected chi connectivity index (χ4v) is 3.25. The van der Waals surface area contributed by atoms with Crippen LogP contribution in [0.1, 0.15) is 31.6 Å². The van der Waals surface area contributed by atoms with E-state index in [2.05, 4.69) is 26.8 Å². The van der Waals surface area contributed by atoms with E-state index in [0.717, 1.165) is 25.9 Å². The summed E-state index contributed by atoms with van der Waals surface area (Å²) >= 11 is 0. The third-order valence-corrected chi connectivity index (χ3v) is 4.81. The van der Waals surface area contributed by atoms with Crippen molar-refractivity contribution in [3.05, 3.63) is 5.82 Å². The molecule has 3 heterocycles. The second-order valence-electron chi connectivity index (χ2n) is 6.79. The molecule has 0 aromatic carbocycles. The van der Waals surface area contributed by atoms with Gasteiger partial charge in [0.15, 0.2) is 5.82 Å². The molecule has 138 valence electrons. The highest BCUT2D eigenvalue weighted by Gasteiger charge is 2.32. The molecule has 2 atom stereocenters. The Kier molecular flexibility index (Phi) is 5.33. The summed E-state index contributed by atoms with van der Waals surface area (Å²) in [7, 11) is 3.75. The molecule has 0 radical (unpaired) electrons. The predicted octanol–water partition coefficient (Wildman–Crippen LogP) is -0.0960. The van der Waals surface area contributed by atoms with E-state index in [-0.39, 0.29) is 24.0 Å². The number of ether oxygens (including phenoxy) is 1. The highest BCUT2D eigenvalue weighted by molar-refractivity contribution is 5.81. The first-order chi connectivity index (χ1) is 12.0. The van der Waals surface area contributed by atoms with Crippen molar-refractivity contribution < 1.29 is 9.53 Å². The van der Waals surface area contributed by atoms with E-state index in [1.54, 1.807) is 0 Å². The van der Waals surface area contributed by atoms with Crippen LogP contribution in [-0.2, 0) is 9.53 Å². The molecule has 3 rings (SSSR count). The maximum absolute atomic E-state index is 12.4. The Labute approximate surface area is 148 Å². The Morgan fingerprint density at radius 1 is 1.24 bits per heavy atom. The van der Waals surface area contributed by atoms with Gasteiger partial charge >= 0.3 is 0 Å². The third kappa shape index (κ3) is 3.98. The predicted molar refractivity (Wildman–Crippen MR) is 94.1 cm³/mol. The summed E-state index contributed by atoms with van der Waals surface area (Å²) in [4.78, 5) is 31.4. The molecule has 25 heavy (non-hydrogen) atoms. The van der Waals surface area contributed by atoms with Crippen LogP contribution in [0.15, 0.2) is 0 Å². The number of carbonyl (C=O) groups is 1. The maximum atomic E-state index is 12.4. The van der Waals surface area contributed by atoms with Crippen LogP contribution in [0.25, 0.3) is 0 Å². The topological polar surface area (TPSA) is 101 Å². The molecule has 0 aliphatic carbocycles. The van der Waals surface area contributed by atoms with Crippen LogP contribution >= 0.6 is 0 Å². The van der Waals surface area contributed by atoms with Crippen LogP contribution < -0.4 is 10.6 Å². The van der Waals surface area contributed by atoms with Crippen molar-refractivity contribution in [3.8, 4) is 0 Å². The van der Waals surface area contributed by atoms with Gasteiger partial charge in [-0.15, -0.1) is 0 Å². The number of nitrogens with zero attached hydrogens (tertiary/aromatic N) is 6. The summed E-state index contributed by atoms with van der Waals surface area (Å²) < 4.78 is 5.51. The number of piperazine rings is 1.